The molecule has 0 heterocycles. The number of aryl methyl sites for hydroxylation is 1. The molecule has 0 radical (unpaired) electrons. The first kappa shape index (κ1) is 18.0. The molecule has 0 fully saturated rings. The molecule has 1 unspecified atom stereocenters. The van der Waals surface area contributed by atoms with Crippen molar-refractivity contribution in [1.29, 1.82) is 0 Å². The van der Waals surface area contributed by atoms with Crippen molar-refractivity contribution in [3.63, 3.8) is 0 Å². The molecule has 1 aromatic rings. The minimum Gasteiger partial charge on any atom is -0.496 e. The maximum absolute atomic E-state index is 12.2. The molecule has 1 aromatic carbocycles. The summed E-state index contributed by atoms with van der Waals surface area (Å²) in [5.41, 5.74) is 2.02. The Labute approximate surface area is 128 Å². The van der Waals surface area contributed by atoms with Crippen LogP contribution in [0, 0.1) is 6.92 Å². The van der Waals surface area contributed by atoms with Crippen LogP contribution in [-0.2, 0) is 9.84 Å². The van der Waals surface area contributed by atoms with E-state index in [1.54, 1.807) is 7.11 Å². The summed E-state index contributed by atoms with van der Waals surface area (Å²) in [6, 6.07) is 5.65. The van der Waals surface area contributed by atoms with Crippen molar-refractivity contribution < 1.29 is 13.2 Å². The van der Waals surface area contributed by atoms with E-state index in [0.29, 0.717) is 6.42 Å². The molecular formula is C16H27NO3S. The van der Waals surface area contributed by atoms with Gasteiger partial charge in [-0.15, -0.1) is 0 Å². The smallest absolute Gasteiger partial charge is 0.152 e. The lowest BCUT2D eigenvalue weighted by molar-refractivity contribution is 0.401. The minimum absolute atomic E-state index is 0.112. The van der Waals surface area contributed by atoms with E-state index in [0.717, 1.165) is 29.8 Å². The van der Waals surface area contributed by atoms with Crippen molar-refractivity contribution in [2.45, 2.75) is 39.7 Å². The summed E-state index contributed by atoms with van der Waals surface area (Å²) in [6.45, 7) is 6.74. The molecule has 0 bridgehead atoms. The Bertz CT molecular complexity index is 540. The maximum Gasteiger partial charge on any atom is 0.152 e. The molecule has 0 spiro atoms. The summed E-state index contributed by atoms with van der Waals surface area (Å²) in [4.78, 5) is 0. The summed E-state index contributed by atoms with van der Waals surface area (Å²) in [5.74, 6) is 1.08. The molecule has 0 aliphatic heterocycles. The fraction of sp³-hybridized carbons (Fsp3) is 0.625. The van der Waals surface area contributed by atoms with Crippen LogP contribution in [0.5, 0.6) is 5.75 Å². The van der Waals surface area contributed by atoms with E-state index in [1.807, 2.05) is 32.0 Å². The molecule has 0 amide bonds. The first-order valence-corrected chi connectivity index (χ1v) is 9.34. The Morgan fingerprint density at radius 1 is 1.24 bits per heavy atom. The Morgan fingerprint density at radius 2 is 1.95 bits per heavy atom. The van der Waals surface area contributed by atoms with Crippen molar-refractivity contribution in [2.75, 3.05) is 25.2 Å². The Balaban J connectivity index is 3.10. The average molecular weight is 313 g/mol. The molecule has 5 heteroatoms. The number of sulfone groups is 1. The number of hydrogen-bond donors (Lipinski definition) is 1. The van der Waals surface area contributed by atoms with Crippen LogP contribution in [0.15, 0.2) is 18.2 Å². The zero-order valence-corrected chi connectivity index (χ0v) is 14.3. The number of nitrogens with one attached hydrogen (secondary N) is 1. The monoisotopic (exact) mass is 313 g/mol. The minimum atomic E-state index is -3.07. The van der Waals surface area contributed by atoms with E-state index < -0.39 is 9.84 Å². The molecule has 120 valence electrons. The van der Waals surface area contributed by atoms with Gasteiger partial charge in [0.15, 0.2) is 9.84 Å². The molecule has 1 rings (SSSR count). The van der Waals surface area contributed by atoms with Crippen molar-refractivity contribution in [3.05, 3.63) is 29.3 Å². The van der Waals surface area contributed by atoms with Crippen LogP contribution in [0.4, 0.5) is 0 Å². The van der Waals surface area contributed by atoms with Crippen molar-refractivity contribution in [1.82, 2.24) is 5.32 Å². The maximum atomic E-state index is 12.2. The van der Waals surface area contributed by atoms with Gasteiger partial charge in [0.2, 0.25) is 0 Å². The lowest BCUT2D eigenvalue weighted by atomic mass is 10.0. The Morgan fingerprint density at radius 3 is 2.52 bits per heavy atom. The van der Waals surface area contributed by atoms with Crippen LogP contribution < -0.4 is 10.1 Å². The number of benzene rings is 1. The third-order valence-electron chi connectivity index (χ3n) is 3.34. The van der Waals surface area contributed by atoms with Crippen LogP contribution in [0.25, 0.3) is 0 Å². The summed E-state index contributed by atoms with van der Waals surface area (Å²) in [7, 11) is -1.45. The van der Waals surface area contributed by atoms with Gasteiger partial charge in [-0.1, -0.05) is 31.5 Å². The van der Waals surface area contributed by atoms with E-state index in [1.165, 1.54) is 0 Å². The summed E-state index contributed by atoms with van der Waals surface area (Å²) >= 11 is 0. The Hall–Kier alpha value is -1.07. The molecule has 0 aromatic heterocycles. The summed E-state index contributed by atoms with van der Waals surface area (Å²) < 4.78 is 29.8. The van der Waals surface area contributed by atoms with E-state index >= 15 is 0 Å². The molecule has 4 nitrogen and oxygen atoms in total. The van der Waals surface area contributed by atoms with Crippen molar-refractivity contribution >= 4 is 9.84 Å². The standard InChI is InChI=1S/C16H27NO3S/c1-5-9-17-15(12-21(18,19)10-6-2)14-11-13(3)7-8-16(14)20-4/h7-8,11,15,17H,5-6,9-10,12H2,1-4H3. The molecule has 0 saturated heterocycles. The van der Waals surface area contributed by atoms with Gasteiger partial charge in [-0.2, -0.15) is 0 Å². The molecule has 21 heavy (non-hydrogen) atoms. The third kappa shape index (κ3) is 5.67. The van der Waals surface area contributed by atoms with Crippen LogP contribution in [0.3, 0.4) is 0 Å². The van der Waals surface area contributed by atoms with Gasteiger partial charge in [-0.05, 0) is 32.4 Å². The van der Waals surface area contributed by atoms with Gasteiger partial charge in [0.25, 0.3) is 0 Å². The summed E-state index contributed by atoms with van der Waals surface area (Å²) in [6.07, 6.45) is 1.60. The molecule has 0 aliphatic rings. The Kier molecular flexibility index (Phi) is 7.18. The summed E-state index contributed by atoms with van der Waals surface area (Å²) in [5, 5.41) is 3.34. The number of methoxy groups -OCH3 is 1. The highest BCUT2D eigenvalue weighted by molar-refractivity contribution is 7.91. The molecule has 0 aliphatic carbocycles. The quantitative estimate of drug-likeness (QED) is 0.761. The molecule has 1 N–H and O–H groups in total. The highest BCUT2D eigenvalue weighted by Crippen LogP contribution is 2.27. The van der Waals surface area contributed by atoms with Gasteiger partial charge in [-0.25, -0.2) is 8.42 Å². The third-order valence-corrected chi connectivity index (χ3v) is 5.21. The van der Waals surface area contributed by atoms with Gasteiger partial charge >= 0.3 is 0 Å². The largest absolute Gasteiger partial charge is 0.496 e. The second-order valence-corrected chi connectivity index (χ2v) is 7.60. The van der Waals surface area contributed by atoms with Gasteiger partial charge < -0.3 is 10.1 Å². The van der Waals surface area contributed by atoms with Gasteiger partial charge in [0.1, 0.15) is 5.75 Å². The first-order chi connectivity index (χ1) is 9.93. The van der Waals surface area contributed by atoms with Crippen LogP contribution in [-0.4, -0.2) is 33.6 Å². The average Bonchev–Trinajstić information content (AvgIpc) is 2.43. The van der Waals surface area contributed by atoms with Gasteiger partial charge in [0.05, 0.1) is 12.9 Å². The highest BCUT2D eigenvalue weighted by atomic mass is 32.2. The van der Waals surface area contributed by atoms with E-state index in [-0.39, 0.29) is 17.5 Å². The molecular weight excluding hydrogens is 286 g/mol. The molecule has 0 saturated carbocycles. The van der Waals surface area contributed by atoms with Gasteiger partial charge in [0, 0.05) is 17.4 Å². The highest BCUT2D eigenvalue weighted by Gasteiger charge is 2.22. The molecule has 1 atom stereocenters. The lowest BCUT2D eigenvalue weighted by Crippen LogP contribution is -2.30. The fourth-order valence-electron chi connectivity index (χ4n) is 2.35. The van der Waals surface area contributed by atoms with Crippen molar-refractivity contribution in [3.8, 4) is 5.75 Å². The van der Waals surface area contributed by atoms with E-state index in [2.05, 4.69) is 12.2 Å². The zero-order chi connectivity index (χ0) is 15.9. The number of hydrogen-bond acceptors (Lipinski definition) is 4. The second kappa shape index (κ2) is 8.39. The predicted octanol–water partition coefficient (Wildman–Crippen LogP) is 2.87. The SMILES string of the molecule is CCCNC(CS(=O)(=O)CCC)c1cc(C)ccc1OC. The number of rotatable bonds is 9. The van der Waals surface area contributed by atoms with Crippen LogP contribution in [0.1, 0.15) is 43.9 Å². The predicted molar refractivity (Wildman–Crippen MR) is 87.7 cm³/mol. The van der Waals surface area contributed by atoms with Crippen LogP contribution in [0.2, 0.25) is 0 Å². The number of ether oxygens (including phenoxy) is 1. The van der Waals surface area contributed by atoms with Crippen molar-refractivity contribution in [2.24, 2.45) is 0 Å². The van der Waals surface area contributed by atoms with E-state index in [4.69, 9.17) is 4.74 Å². The first-order valence-electron chi connectivity index (χ1n) is 7.51. The fourth-order valence-corrected chi connectivity index (χ4v) is 3.95. The van der Waals surface area contributed by atoms with Gasteiger partial charge in [-0.3, -0.25) is 0 Å². The van der Waals surface area contributed by atoms with Crippen LogP contribution >= 0.6 is 0 Å². The zero-order valence-electron chi connectivity index (χ0n) is 13.5. The van der Waals surface area contributed by atoms with E-state index in [9.17, 15) is 8.42 Å². The topological polar surface area (TPSA) is 55.4 Å². The lowest BCUT2D eigenvalue weighted by Gasteiger charge is -2.21. The second-order valence-electron chi connectivity index (χ2n) is 5.37. The normalized spacial score (nSPS) is 13.1.